The van der Waals surface area contributed by atoms with Crippen LogP contribution in [0.5, 0.6) is 0 Å². The highest BCUT2D eigenvalue weighted by atomic mass is 32.1. The van der Waals surface area contributed by atoms with Crippen LogP contribution in [0.3, 0.4) is 0 Å². The first-order valence-electron chi connectivity index (χ1n) is 9.34. The summed E-state index contributed by atoms with van der Waals surface area (Å²) in [5.41, 5.74) is 3.64. The zero-order valence-electron chi connectivity index (χ0n) is 16.4. The van der Waals surface area contributed by atoms with Crippen molar-refractivity contribution >= 4 is 38.2 Å². The summed E-state index contributed by atoms with van der Waals surface area (Å²) in [6, 6.07) is 15.0. The van der Waals surface area contributed by atoms with Gasteiger partial charge in [0, 0.05) is 19.0 Å². The topological polar surface area (TPSA) is 81.3 Å². The van der Waals surface area contributed by atoms with Gasteiger partial charge in [0.2, 0.25) is 4.80 Å². The molecule has 1 N–H and O–H groups in total. The van der Waals surface area contributed by atoms with E-state index in [9.17, 15) is 9.59 Å². The van der Waals surface area contributed by atoms with E-state index in [2.05, 4.69) is 15.6 Å². The molecule has 2 aromatic carbocycles. The Kier molecular flexibility index (Phi) is 5.02. The van der Waals surface area contributed by atoms with Crippen molar-refractivity contribution in [3.8, 4) is 0 Å². The number of hydrogen-bond acceptors (Lipinski definition) is 5. The van der Waals surface area contributed by atoms with E-state index in [0.717, 1.165) is 10.2 Å². The predicted octanol–water partition coefficient (Wildman–Crippen LogP) is 2.85. The molecule has 4 rings (SSSR count). The van der Waals surface area contributed by atoms with Gasteiger partial charge in [-0.3, -0.25) is 9.59 Å². The number of nitrogens with one attached hydrogen (secondary N) is 1. The molecule has 7 nitrogen and oxygen atoms in total. The molecule has 0 atom stereocenters. The Hall–Kier alpha value is -3.26. The third-order valence-corrected chi connectivity index (χ3v) is 5.70. The number of aromatic nitrogens is 3. The van der Waals surface area contributed by atoms with Crippen LogP contribution in [0.2, 0.25) is 0 Å². The number of fused-ring (bicyclic) bond motifs is 2. The van der Waals surface area contributed by atoms with Gasteiger partial charge in [-0.2, -0.15) is 5.10 Å². The third-order valence-electron chi connectivity index (χ3n) is 4.59. The summed E-state index contributed by atoms with van der Waals surface area (Å²) in [7, 11) is 1.90. The Morgan fingerprint density at radius 1 is 1.14 bits per heavy atom. The van der Waals surface area contributed by atoms with Crippen LogP contribution in [0.4, 0.5) is 0 Å². The summed E-state index contributed by atoms with van der Waals surface area (Å²) >= 11 is 1.48. The highest BCUT2D eigenvalue weighted by Crippen LogP contribution is 2.16. The Morgan fingerprint density at radius 3 is 2.55 bits per heavy atom. The van der Waals surface area contributed by atoms with Crippen molar-refractivity contribution < 1.29 is 4.79 Å². The zero-order chi connectivity index (χ0) is 20.5. The summed E-state index contributed by atoms with van der Waals surface area (Å²) < 4.78 is 4.37. The molecule has 148 valence electrons. The second-order valence-corrected chi connectivity index (χ2v) is 8.25. The molecule has 0 saturated carbocycles. The minimum atomic E-state index is -0.448. The van der Waals surface area contributed by atoms with Crippen molar-refractivity contribution in [1.29, 1.82) is 0 Å². The molecule has 4 aromatic rings. The second kappa shape index (κ2) is 7.63. The summed E-state index contributed by atoms with van der Waals surface area (Å²) in [6.45, 7) is 4.44. The van der Waals surface area contributed by atoms with E-state index in [-0.39, 0.29) is 17.2 Å². The average Bonchev–Trinajstić information content (AvgIpc) is 3.04. The van der Waals surface area contributed by atoms with Crippen LogP contribution in [-0.4, -0.2) is 20.3 Å². The molecule has 0 radical (unpaired) electrons. The molecular weight excluding hydrogens is 386 g/mol. The lowest BCUT2D eigenvalue weighted by atomic mass is 10.1. The molecule has 0 fully saturated rings. The van der Waals surface area contributed by atoms with Gasteiger partial charge in [-0.15, -0.1) is 5.10 Å². The van der Waals surface area contributed by atoms with Crippen molar-refractivity contribution in [3.63, 3.8) is 0 Å². The molecule has 29 heavy (non-hydrogen) atoms. The van der Waals surface area contributed by atoms with E-state index in [4.69, 9.17) is 0 Å². The van der Waals surface area contributed by atoms with Crippen LogP contribution in [0.25, 0.3) is 21.0 Å². The summed E-state index contributed by atoms with van der Waals surface area (Å²) in [6.07, 6.45) is 0. The monoisotopic (exact) mass is 407 g/mol. The lowest BCUT2D eigenvalue weighted by molar-refractivity contribution is 0.0947. The quantitative estimate of drug-likeness (QED) is 0.528. The van der Waals surface area contributed by atoms with Crippen molar-refractivity contribution in [2.24, 2.45) is 18.1 Å². The van der Waals surface area contributed by atoms with Crippen molar-refractivity contribution in [2.75, 3.05) is 0 Å². The predicted molar refractivity (Wildman–Crippen MR) is 115 cm³/mol. The number of hydrogen-bond donors (Lipinski definition) is 1. The number of aryl methyl sites for hydroxylation is 1. The third kappa shape index (κ3) is 3.58. The van der Waals surface area contributed by atoms with Gasteiger partial charge in [0.25, 0.3) is 11.5 Å². The fourth-order valence-corrected chi connectivity index (χ4v) is 4.19. The Balaban J connectivity index is 1.77. The van der Waals surface area contributed by atoms with E-state index in [1.165, 1.54) is 16.0 Å². The zero-order valence-corrected chi connectivity index (χ0v) is 17.2. The van der Waals surface area contributed by atoms with Crippen LogP contribution in [0.15, 0.2) is 58.4 Å². The standard InChI is InChI=1S/C21H21N5O2S/c1-13(2)12-26-20(28)15-9-5-4-8-14(15)18(24-26)19(27)22-23-21-25(3)16-10-6-7-11-17(16)29-21/h4-11,13H,12H2,1-3H3,(H,22,27). The van der Waals surface area contributed by atoms with Gasteiger partial charge in [0.05, 0.1) is 15.6 Å². The summed E-state index contributed by atoms with van der Waals surface area (Å²) in [5, 5.41) is 9.63. The first-order valence-corrected chi connectivity index (χ1v) is 10.2. The number of para-hydroxylation sites is 1. The van der Waals surface area contributed by atoms with Gasteiger partial charge >= 0.3 is 0 Å². The van der Waals surface area contributed by atoms with Gasteiger partial charge in [-0.1, -0.05) is 55.5 Å². The summed E-state index contributed by atoms with van der Waals surface area (Å²) in [5.74, 6) is -0.226. The largest absolute Gasteiger partial charge is 0.318 e. The average molecular weight is 407 g/mol. The maximum absolute atomic E-state index is 12.9. The van der Waals surface area contributed by atoms with Gasteiger partial charge in [0.15, 0.2) is 5.69 Å². The number of rotatable bonds is 4. The molecule has 0 bridgehead atoms. The van der Waals surface area contributed by atoms with Crippen molar-refractivity contribution in [3.05, 3.63) is 69.4 Å². The molecule has 0 unspecified atom stereocenters. The molecule has 1 amide bonds. The number of thiazole rings is 1. The Morgan fingerprint density at radius 2 is 1.83 bits per heavy atom. The Labute approximate surface area is 170 Å². The van der Waals surface area contributed by atoms with E-state index in [1.54, 1.807) is 24.3 Å². The Bertz CT molecular complexity index is 1350. The lowest BCUT2D eigenvalue weighted by Crippen LogP contribution is -2.31. The lowest BCUT2D eigenvalue weighted by Gasteiger charge is -2.11. The van der Waals surface area contributed by atoms with Gasteiger partial charge in [0.1, 0.15) is 0 Å². The van der Waals surface area contributed by atoms with Crippen LogP contribution in [-0.2, 0) is 13.6 Å². The molecular formula is C21H21N5O2S. The number of benzene rings is 2. The van der Waals surface area contributed by atoms with Crippen molar-refractivity contribution in [2.45, 2.75) is 20.4 Å². The fraction of sp³-hybridized carbons (Fsp3) is 0.238. The van der Waals surface area contributed by atoms with Gasteiger partial charge in [-0.05, 0) is 24.1 Å². The highest BCUT2D eigenvalue weighted by molar-refractivity contribution is 7.16. The van der Waals surface area contributed by atoms with E-state index in [1.807, 2.05) is 49.7 Å². The minimum Gasteiger partial charge on any atom is -0.318 e. The maximum atomic E-state index is 12.9. The molecule has 2 heterocycles. The van der Waals surface area contributed by atoms with E-state index >= 15 is 0 Å². The fourth-order valence-electron chi connectivity index (χ4n) is 3.21. The summed E-state index contributed by atoms with van der Waals surface area (Å²) in [4.78, 5) is 26.3. The molecule has 2 aromatic heterocycles. The van der Waals surface area contributed by atoms with Crippen LogP contribution in [0.1, 0.15) is 24.3 Å². The molecule has 0 saturated heterocycles. The van der Waals surface area contributed by atoms with Gasteiger partial charge < -0.3 is 4.57 Å². The molecule has 0 aliphatic rings. The molecule has 8 heteroatoms. The van der Waals surface area contributed by atoms with Crippen LogP contribution >= 0.6 is 11.3 Å². The number of carbonyl (C=O) groups excluding carboxylic acids is 1. The van der Waals surface area contributed by atoms with E-state index in [0.29, 0.717) is 22.1 Å². The second-order valence-electron chi connectivity index (χ2n) is 7.24. The van der Waals surface area contributed by atoms with Crippen LogP contribution in [0, 0.1) is 5.92 Å². The first kappa shape index (κ1) is 19.1. The van der Waals surface area contributed by atoms with Gasteiger partial charge in [-0.25, -0.2) is 10.1 Å². The van der Waals surface area contributed by atoms with Crippen molar-refractivity contribution in [1.82, 2.24) is 19.8 Å². The van der Waals surface area contributed by atoms with E-state index < -0.39 is 5.91 Å². The first-order chi connectivity index (χ1) is 14.0. The molecule has 0 aliphatic heterocycles. The molecule has 0 aliphatic carbocycles. The normalized spacial score (nSPS) is 12.2. The molecule has 0 spiro atoms. The minimum absolute atomic E-state index is 0.188. The van der Waals surface area contributed by atoms with Crippen LogP contribution < -0.4 is 15.8 Å². The number of carbonyl (C=O) groups is 1. The SMILES string of the molecule is CC(C)Cn1nc(C(=O)NN=c2sc3ccccc3n2C)c2ccccc2c1=O. The maximum Gasteiger partial charge on any atom is 0.292 e. The number of amides is 1. The smallest absolute Gasteiger partial charge is 0.292 e. The number of nitrogens with zero attached hydrogens (tertiary/aromatic N) is 4. The highest BCUT2D eigenvalue weighted by Gasteiger charge is 2.17.